The molecule has 0 unspecified atom stereocenters. The number of ether oxygens (including phenoxy) is 1. The minimum absolute atomic E-state index is 0.125. The molecule has 2 amide bonds. The second-order valence-corrected chi connectivity index (χ2v) is 6.49. The maximum Gasteiger partial charge on any atom is 0.317 e. The van der Waals surface area contributed by atoms with Gasteiger partial charge in [0.25, 0.3) is 0 Å². The zero-order valence-electron chi connectivity index (χ0n) is 14.4. The highest BCUT2D eigenvalue weighted by molar-refractivity contribution is 5.74. The molecule has 1 aliphatic carbocycles. The number of carbonyl (C=O) groups excluding carboxylic acids is 1. The normalized spacial score (nSPS) is 20.7. The Morgan fingerprint density at radius 3 is 2.71 bits per heavy atom. The number of benzene rings is 1. The molecular weight excluding hydrogens is 311 g/mol. The molecule has 0 radical (unpaired) electrons. The van der Waals surface area contributed by atoms with Crippen LogP contribution in [0.4, 0.5) is 9.18 Å². The van der Waals surface area contributed by atoms with Crippen LogP contribution in [0, 0.1) is 11.7 Å². The SMILES string of the molecule is COCc1cc(CNC(=O)N(C)C2CCC(CO)CC2)ccc1F. The maximum atomic E-state index is 13.6. The predicted octanol–water partition coefficient (Wildman–Crippen LogP) is 2.66. The number of methoxy groups -OCH3 is 1. The van der Waals surface area contributed by atoms with Gasteiger partial charge in [0.05, 0.1) is 6.61 Å². The number of aliphatic hydroxyl groups is 1. The first-order valence-corrected chi connectivity index (χ1v) is 8.43. The van der Waals surface area contributed by atoms with Crippen molar-refractivity contribution in [2.24, 2.45) is 5.92 Å². The Bertz CT molecular complexity index is 545. The van der Waals surface area contributed by atoms with Gasteiger partial charge in [-0.3, -0.25) is 0 Å². The molecule has 6 heteroatoms. The van der Waals surface area contributed by atoms with Crippen LogP contribution in [0.1, 0.15) is 36.8 Å². The van der Waals surface area contributed by atoms with Crippen molar-refractivity contribution in [2.45, 2.75) is 44.9 Å². The largest absolute Gasteiger partial charge is 0.396 e. The standard InChI is InChI=1S/C18H27FN2O3/c1-21(16-6-3-13(11-22)4-7-16)18(23)20-10-14-5-8-17(19)15(9-14)12-24-2/h5,8-9,13,16,22H,3-4,6-7,10-12H2,1-2H3,(H,20,23). The predicted molar refractivity (Wildman–Crippen MR) is 89.9 cm³/mol. The topological polar surface area (TPSA) is 61.8 Å². The first-order chi connectivity index (χ1) is 11.5. The van der Waals surface area contributed by atoms with Gasteiger partial charge in [-0.05, 0) is 49.3 Å². The van der Waals surface area contributed by atoms with Crippen molar-refractivity contribution in [1.82, 2.24) is 10.2 Å². The molecular formula is C18H27FN2O3. The molecule has 0 heterocycles. The maximum absolute atomic E-state index is 13.6. The number of amides is 2. The molecule has 0 saturated heterocycles. The molecule has 0 bridgehead atoms. The molecule has 2 N–H and O–H groups in total. The summed E-state index contributed by atoms with van der Waals surface area (Å²) in [5.74, 6) is 0.0702. The molecule has 1 saturated carbocycles. The van der Waals surface area contributed by atoms with E-state index in [2.05, 4.69) is 5.32 Å². The molecule has 0 atom stereocenters. The monoisotopic (exact) mass is 338 g/mol. The molecule has 0 aromatic heterocycles. The smallest absolute Gasteiger partial charge is 0.317 e. The summed E-state index contributed by atoms with van der Waals surface area (Å²) in [6.07, 6.45) is 3.75. The first kappa shape index (κ1) is 18.7. The summed E-state index contributed by atoms with van der Waals surface area (Å²) in [5.41, 5.74) is 1.33. The highest BCUT2D eigenvalue weighted by Gasteiger charge is 2.26. The van der Waals surface area contributed by atoms with Gasteiger partial charge in [-0.15, -0.1) is 0 Å². The van der Waals surface area contributed by atoms with Gasteiger partial charge in [0, 0.05) is 38.9 Å². The fourth-order valence-corrected chi connectivity index (χ4v) is 3.19. The molecule has 0 spiro atoms. The van der Waals surface area contributed by atoms with Gasteiger partial charge in [-0.2, -0.15) is 0 Å². The Balaban J connectivity index is 1.85. The van der Waals surface area contributed by atoms with E-state index in [0.29, 0.717) is 18.0 Å². The van der Waals surface area contributed by atoms with Crippen molar-refractivity contribution in [3.63, 3.8) is 0 Å². The van der Waals surface area contributed by atoms with E-state index in [9.17, 15) is 14.3 Å². The zero-order chi connectivity index (χ0) is 17.5. The lowest BCUT2D eigenvalue weighted by Crippen LogP contribution is -2.45. The summed E-state index contributed by atoms with van der Waals surface area (Å²) >= 11 is 0. The average Bonchev–Trinajstić information content (AvgIpc) is 2.61. The third-order valence-corrected chi connectivity index (χ3v) is 4.80. The Morgan fingerprint density at radius 2 is 2.08 bits per heavy atom. The minimum atomic E-state index is -0.301. The Kier molecular flexibility index (Phi) is 6.99. The second kappa shape index (κ2) is 8.99. The number of hydrogen-bond donors (Lipinski definition) is 2. The summed E-state index contributed by atoms with van der Waals surface area (Å²) in [5, 5.41) is 12.1. The van der Waals surface area contributed by atoms with E-state index in [4.69, 9.17) is 4.74 Å². The molecule has 24 heavy (non-hydrogen) atoms. The van der Waals surface area contributed by atoms with E-state index in [1.54, 1.807) is 24.1 Å². The summed E-state index contributed by atoms with van der Waals surface area (Å²) in [6.45, 7) is 0.796. The summed E-state index contributed by atoms with van der Waals surface area (Å²) in [7, 11) is 3.33. The van der Waals surface area contributed by atoms with Crippen molar-refractivity contribution >= 4 is 6.03 Å². The van der Waals surface area contributed by atoms with Crippen molar-refractivity contribution < 1.29 is 19.0 Å². The zero-order valence-corrected chi connectivity index (χ0v) is 14.4. The van der Waals surface area contributed by atoms with Crippen LogP contribution in [0.15, 0.2) is 18.2 Å². The lowest BCUT2D eigenvalue weighted by molar-refractivity contribution is 0.134. The Morgan fingerprint density at radius 1 is 1.38 bits per heavy atom. The fraction of sp³-hybridized carbons (Fsp3) is 0.611. The van der Waals surface area contributed by atoms with Crippen molar-refractivity contribution in [1.29, 1.82) is 0 Å². The van der Waals surface area contributed by atoms with Gasteiger partial charge in [0.2, 0.25) is 0 Å². The number of halogens is 1. The molecule has 1 aromatic rings. The van der Waals surface area contributed by atoms with Crippen LogP contribution in [-0.2, 0) is 17.9 Å². The van der Waals surface area contributed by atoms with Gasteiger partial charge >= 0.3 is 6.03 Å². The van der Waals surface area contributed by atoms with E-state index in [1.807, 2.05) is 0 Å². The number of rotatable bonds is 6. The van der Waals surface area contributed by atoms with Crippen molar-refractivity contribution in [3.8, 4) is 0 Å². The second-order valence-electron chi connectivity index (χ2n) is 6.49. The number of hydrogen-bond acceptors (Lipinski definition) is 3. The van der Waals surface area contributed by atoms with Gasteiger partial charge in [0.15, 0.2) is 0 Å². The minimum Gasteiger partial charge on any atom is -0.396 e. The first-order valence-electron chi connectivity index (χ1n) is 8.43. The van der Waals surface area contributed by atoms with Crippen LogP contribution < -0.4 is 5.32 Å². The number of nitrogens with zero attached hydrogens (tertiary/aromatic N) is 1. The van der Waals surface area contributed by atoms with Gasteiger partial charge < -0.3 is 20.1 Å². The van der Waals surface area contributed by atoms with Crippen LogP contribution in [0.5, 0.6) is 0 Å². The highest BCUT2D eigenvalue weighted by Crippen LogP contribution is 2.26. The third-order valence-electron chi connectivity index (χ3n) is 4.80. The molecule has 1 aromatic carbocycles. The summed E-state index contributed by atoms with van der Waals surface area (Å²) in [6, 6.07) is 4.87. The van der Waals surface area contributed by atoms with Crippen molar-refractivity contribution in [3.05, 3.63) is 35.1 Å². The molecule has 1 aliphatic rings. The molecule has 0 aliphatic heterocycles. The highest BCUT2D eigenvalue weighted by atomic mass is 19.1. The average molecular weight is 338 g/mol. The summed E-state index contributed by atoms with van der Waals surface area (Å²) in [4.78, 5) is 14.1. The van der Waals surface area contributed by atoms with Crippen LogP contribution >= 0.6 is 0 Å². The summed E-state index contributed by atoms with van der Waals surface area (Å²) < 4.78 is 18.6. The fourth-order valence-electron chi connectivity index (χ4n) is 3.19. The number of nitrogens with one attached hydrogen (secondary N) is 1. The molecule has 134 valence electrons. The van der Waals surface area contributed by atoms with Gasteiger partial charge in [-0.1, -0.05) is 6.07 Å². The van der Waals surface area contributed by atoms with Crippen LogP contribution in [0.2, 0.25) is 0 Å². The van der Waals surface area contributed by atoms with Gasteiger partial charge in [-0.25, -0.2) is 9.18 Å². The Hall–Kier alpha value is -1.66. The molecule has 1 fully saturated rings. The molecule has 2 rings (SSSR count). The number of aliphatic hydroxyl groups excluding tert-OH is 1. The van der Waals surface area contributed by atoms with E-state index >= 15 is 0 Å². The van der Waals surface area contributed by atoms with Crippen molar-refractivity contribution in [2.75, 3.05) is 20.8 Å². The lowest BCUT2D eigenvalue weighted by Gasteiger charge is -2.34. The van der Waals surface area contributed by atoms with Crippen LogP contribution in [-0.4, -0.2) is 42.8 Å². The number of carbonyl (C=O) groups is 1. The number of urea groups is 1. The van der Waals surface area contributed by atoms with E-state index in [0.717, 1.165) is 31.2 Å². The van der Waals surface area contributed by atoms with Crippen LogP contribution in [0.3, 0.4) is 0 Å². The van der Waals surface area contributed by atoms with Gasteiger partial charge in [0.1, 0.15) is 5.82 Å². The Labute approximate surface area is 142 Å². The van der Waals surface area contributed by atoms with Crippen LogP contribution in [0.25, 0.3) is 0 Å². The van der Waals surface area contributed by atoms with E-state index in [-0.39, 0.29) is 31.1 Å². The van der Waals surface area contributed by atoms with E-state index in [1.165, 1.54) is 13.2 Å². The lowest BCUT2D eigenvalue weighted by atomic mass is 9.86. The van der Waals surface area contributed by atoms with E-state index < -0.39 is 0 Å². The molecule has 5 nitrogen and oxygen atoms in total. The third kappa shape index (κ3) is 4.92. The quantitative estimate of drug-likeness (QED) is 0.838.